The number of anilines is 3. The molecule has 220 valence electrons. The molecule has 0 unspecified atom stereocenters. The summed E-state index contributed by atoms with van der Waals surface area (Å²) >= 11 is 0. The average Bonchev–Trinajstić information content (AvgIpc) is 3.69. The van der Waals surface area contributed by atoms with Crippen LogP contribution in [0, 0.1) is 28.3 Å². The number of non-ortho nitro benzene ring substituents is 1. The summed E-state index contributed by atoms with van der Waals surface area (Å²) in [6, 6.07) is 3.61. The predicted molar refractivity (Wildman–Crippen MR) is 150 cm³/mol. The number of piperidine rings is 2. The predicted octanol–water partition coefficient (Wildman–Crippen LogP) is 6.75. The molecule has 2 aliphatic heterocycles. The summed E-state index contributed by atoms with van der Waals surface area (Å²) in [7, 11) is 0. The van der Waals surface area contributed by atoms with Crippen LogP contribution in [0.5, 0.6) is 0 Å². The Kier molecular flexibility index (Phi) is 9.96. The minimum atomic E-state index is -2.72. The molecule has 1 amide bonds. The van der Waals surface area contributed by atoms with E-state index in [1.165, 1.54) is 6.07 Å². The fraction of sp³-hybridized carbons (Fsp3) is 0.607. The van der Waals surface area contributed by atoms with Crippen LogP contribution < -0.4 is 15.1 Å². The molecule has 0 radical (unpaired) electrons. The van der Waals surface area contributed by atoms with Crippen LogP contribution in [-0.4, -0.2) is 52.9 Å². The summed E-state index contributed by atoms with van der Waals surface area (Å²) in [5.74, 6) is -4.25. The molecule has 3 aliphatic rings. The molecule has 3 heterocycles. The van der Waals surface area contributed by atoms with Crippen LogP contribution >= 0.6 is 0 Å². The molecule has 2 saturated heterocycles. The normalized spacial score (nSPS) is 18.6. The van der Waals surface area contributed by atoms with Gasteiger partial charge in [-0.25, -0.2) is 18.2 Å². The minimum absolute atomic E-state index is 0.0911. The summed E-state index contributed by atoms with van der Waals surface area (Å²) in [5, 5.41) is 13.9. The van der Waals surface area contributed by atoms with Gasteiger partial charge in [-0.05, 0) is 38.0 Å². The van der Waals surface area contributed by atoms with E-state index in [4.69, 9.17) is 0 Å². The van der Waals surface area contributed by atoms with E-state index >= 15 is 4.39 Å². The Morgan fingerprint density at radius 2 is 1.50 bits per heavy atom. The molecule has 1 spiro atoms. The van der Waals surface area contributed by atoms with Crippen LogP contribution in [0.4, 0.5) is 36.3 Å². The van der Waals surface area contributed by atoms with E-state index < -0.39 is 28.3 Å². The Bertz CT molecular complexity index is 1200. The van der Waals surface area contributed by atoms with E-state index in [0.29, 0.717) is 30.0 Å². The third-order valence-electron chi connectivity index (χ3n) is 7.50. The Morgan fingerprint density at radius 3 is 2.05 bits per heavy atom. The molecule has 3 fully saturated rings. The maximum atomic E-state index is 15.2. The molecule has 12 heteroatoms. The minimum Gasteiger partial charge on any atom is -0.371 e. The summed E-state index contributed by atoms with van der Waals surface area (Å²) in [5.41, 5.74) is 0.254. The van der Waals surface area contributed by atoms with E-state index in [0.717, 1.165) is 31.7 Å². The molecule has 9 nitrogen and oxygen atoms in total. The largest absolute Gasteiger partial charge is 0.371 e. The van der Waals surface area contributed by atoms with Crippen molar-refractivity contribution < 1.29 is 22.9 Å². The van der Waals surface area contributed by atoms with Gasteiger partial charge < -0.3 is 9.80 Å². The zero-order valence-electron chi connectivity index (χ0n) is 23.9. The van der Waals surface area contributed by atoms with E-state index in [-0.39, 0.29) is 43.1 Å². The Labute approximate surface area is 233 Å². The number of benzene rings is 1. The van der Waals surface area contributed by atoms with Crippen LogP contribution in [-0.2, 0) is 0 Å². The highest BCUT2D eigenvalue weighted by Crippen LogP contribution is 2.54. The number of carbonyl (C=O) groups excluding carboxylic acids is 1. The van der Waals surface area contributed by atoms with Crippen molar-refractivity contribution in [1.29, 1.82) is 0 Å². The smallest absolute Gasteiger partial charge is 0.274 e. The van der Waals surface area contributed by atoms with Gasteiger partial charge in [0.05, 0.1) is 22.2 Å². The first-order valence-corrected chi connectivity index (χ1v) is 14.1. The topological polar surface area (TPSA) is 104 Å². The maximum Gasteiger partial charge on any atom is 0.274 e. The number of amides is 1. The molecule has 1 aromatic heterocycles. The third-order valence-corrected chi connectivity index (χ3v) is 7.50. The van der Waals surface area contributed by atoms with Crippen LogP contribution in [0.25, 0.3) is 0 Å². The quantitative estimate of drug-likeness (QED) is 0.316. The zero-order chi connectivity index (χ0) is 29.7. The summed E-state index contributed by atoms with van der Waals surface area (Å²) in [4.78, 5) is 36.0. The lowest BCUT2D eigenvalue weighted by atomic mass is 9.93. The van der Waals surface area contributed by atoms with Crippen molar-refractivity contribution in [2.24, 2.45) is 5.41 Å². The van der Waals surface area contributed by atoms with E-state index in [1.807, 2.05) is 32.6 Å². The number of nitrogens with one attached hydrogen (secondary N) is 1. The highest BCUT2D eigenvalue weighted by molar-refractivity contribution is 6.08. The van der Waals surface area contributed by atoms with Crippen molar-refractivity contribution in [3.05, 3.63) is 45.4 Å². The average molecular weight is 565 g/mol. The lowest BCUT2D eigenvalue weighted by Crippen LogP contribution is -2.40. The number of carbonyl (C=O) groups is 1. The number of hydrogen-bond donors (Lipinski definition) is 1. The van der Waals surface area contributed by atoms with Crippen molar-refractivity contribution >= 4 is 29.0 Å². The summed E-state index contributed by atoms with van der Waals surface area (Å²) in [6.45, 7) is 11.0. The van der Waals surface area contributed by atoms with E-state index in [1.54, 1.807) is 17.9 Å². The molecule has 2 aromatic rings. The highest BCUT2D eigenvalue weighted by atomic mass is 19.3. The SMILES string of the molecule is CC.CC.Cc1cc(N2CCC(F)(F)CC2)nc(NC(=O)c2c(F)cc([N+](=O)[O-])cc2N2CCC3(CC2)CC3)n1. The second kappa shape index (κ2) is 12.8. The number of nitrogens with zero attached hydrogens (tertiary/aromatic N) is 5. The van der Waals surface area contributed by atoms with E-state index in [9.17, 15) is 23.7 Å². The van der Waals surface area contributed by atoms with Crippen molar-refractivity contribution in [2.45, 2.75) is 79.1 Å². The van der Waals surface area contributed by atoms with Crippen LogP contribution in [0.2, 0.25) is 0 Å². The Balaban J connectivity index is 0.00000106. The Hall–Kier alpha value is -3.44. The molecule has 0 atom stereocenters. The standard InChI is InChI=1S/C24H27F3N6O3.2C2H6/c1-15-12-19(32-10-6-24(26,27)7-11-32)29-22(28-15)30-21(34)20-17(25)13-16(33(35)36)14-18(20)31-8-4-23(2-3-23)5-9-31;2*1-2/h12-14H,2-11H2,1H3,(H,28,29,30,34);2*1-2H3. The van der Waals surface area contributed by atoms with Gasteiger partial charge in [0.25, 0.3) is 17.5 Å². The zero-order valence-corrected chi connectivity index (χ0v) is 23.9. The fourth-order valence-electron chi connectivity index (χ4n) is 5.05. The van der Waals surface area contributed by atoms with Crippen molar-refractivity contribution in [3.63, 3.8) is 0 Å². The van der Waals surface area contributed by atoms with Gasteiger partial charge in [0.15, 0.2) is 0 Å². The molecule has 1 N–H and O–H groups in total. The lowest BCUT2D eigenvalue weighted by molar-refractivity contribution is -0.385. The number of nitro benzene ring substituents is 1. The van der Waals surface area contributed by atoms with E-state index in [2.05, 4.69) is 15.3 Å². The van der Waals surface area contributed by atoms with Crippen molar-refractivity contribution in [3.8, 4) is 0 Å². The molecular weight excluding hydrogens is 525 g/mol. The number of hydrogen-bond acceptors (Lipinski definition) is 7. The lowest BCUT2D eigenvalue weighted by Gasteiger charge is -2.34. The molecular formula is C28H39F3N6O3. The number of halogens is 3. The third kappa shape index (κ3) is 7.19. The van der Waals surface area contributed by atoms with Crippen LogP contribution in [0.1, 0.15) is 82.3 Å². The van der Waals surface area contributed by atoms with Gasteiger partial charge in [0.2, 0.25) is 5.95 Å². The van der Waals surface area contributed by atoms with Gasteiger partial charge in [-0.15, -0.1) is 0 Å². The van der Waals surface area contributed by atoms with Crippen molar-refractivity contribution in [1.82, 2.24) is 9.97 Å². The second-order valence-electron chi connectivity index (χ2n) is 10.1. The Morgan fingerprint density at radius 1 is 0.925 bits per heavy atom. The summed E-state index contributed by atoms with van der Waals surface area (Å²) < 4.78 is 42.3. The molecule has 1 aromatic carbocycles. The van der Waals surface area contributed by atoms with Gasteiger partial charge in [-0.1, -0.05) is 27.7 Å². The number of rotatable bonds is 5. The first-order chi connectivity index (χ1) is 19.0. The van der Waals surface area contributed by atoms with Crippen LogP contribution in [0.15, 0.2) is 18.2 Å². The number of aryl methyl sites for hydroxylation is 1. The monoisotopic (exact) mass is 564 g/mol. The first-order valence-electron chi connectivity index (χ1n) is 14.1. The molecule has 0 bridgehead atoms. The molecule has 5 rings (SSSR count). The summed E-state index contributed by atoms with van der Waals surface area (Å²) in [6.07, 6.45) is 3.48. The number of aromatic nitrogens is 2. The first kappa shape index (κ1) is 31.1. The van der Waals surface area contributed by atoms with Gasteiger partial charge >= 0.3 is 0 Å². The highest BCUT2D eigenvalue weighted by Gasteiger charge is 2.45. The molecule has 1 saturated carbocycles. The molecule has 40 heavy (non-hydrogen) atoms. The van der Waals surface area contributed by atoms with Gasteiger partial charge in [0, 0.05) is 56.8 Å². The second-order valence-corrected chi connectivity index (χ2v) is 10.1. The number of alkyl halides is 2. The van der Waals surface area contributed by atoms with Crippen LogP contribution in [0.3, 0.4) is 0 Å². The fourth-order valence-corrected chi connectivity index (χ4v) is 5.05. The number of nitro groups is 1. The maximum absolute atomic E-state index is 15.2. The van der Waals surface area contributed by atoms with Gasteiger partial charge in [-0.2, -0.15) is 4.98 Å². The van der Waals surface area contributed by atoms with Gasteiger partial charge in [0.1, 0.15) is 11.6 Å². The van der Waals surface area contributed by atoms with Gasteiger partial charge in [-0.3, -0.25) is 20.2 Å². The molecule has 1 aliphatic carbocycles. The van der Waals surface area contributed by atoms with Crippen molar-refractivity contribution in [2.75, 3.05) is 41.3 Å².